The molecule has 3 nitrogen and oxygen atoms in total. The maximum atomic E-state index is 6.96. The van der Waals surface area contributed by atoms with Crippen molar-refractivity contribution in [3.8, 4) is 17.2 Å². The van der Waals surface area contributed by atoms with Crippen LogP contribution in [0.5, 0.6) is 17.2 Å². The van der Waals surface area contributed by atoms with Crippen LogP contribution in [0.25, 0.3) is 0 Å². The Morgan fingerprint density at radius 2 is 1.00 bits per heavy atom. The molecule has 42 heavy (non-hydrogen) atoms. The predicted molar refractivity (Wildman–Crippen MR) is 180 cm³/mol. The average molecular weight is 589 g/mol. The average Bonchev–Trinajstić information content (AvgIpc) is 2.82. The summed E-state index contributed by atoms with van der Waals surface area (Å²) >= 11 is 0. The van der Waals surface area contributed by atoms with Gasteiger partial charge < -0.3 is 13.6 Å². The highest BCUT2D eigenvalue weighted by Gasteiger charge is 2.37. The fraction of sp³-hybridized carbons (Fsp3) is 0.526. The van der Waals surface area contributed by atoms with Gasteiger partial charge in [-0.25, -0.2) is 0 Å². The van der Waals surface area contributed by atoms with E-state index in [1.54, 1.807) is 0 Å². The first kappa shape index (κ1) is 32.4. The molecule has 0 N–H and O–H groups in total. The zero-order chi connectivity index (χ0) is 31.6. The molecule has 0 unspecified atom stereocenters. The molecule has 1 heterocycles. The molecule has 0 aromatic heterocycles. The van der Waals surface area contributed by atoms with Crippen LogP contribution in [0.1, 0.15) is 140 Å². The van der Waals surface area contributed by atoms with E-state index in [9.17, 15) is 0 Å². The van der Waals surface area contributed by atoms with Gasteiger partial charge in [-0.05, 0) is 47.1 Å². The summed E-state index contributed by atoms with van der Waals surface area (Å²) in [6.45, 7) is 33.6. The highest BCUT2D eigenvalue weighted by molar-refractivity contribution is 7.43. The van der Waals surface area contributed by atoms with Crippen LogP contribution in [-0.2, 0) is 21.7 Å². The molecule has 3 aromatic carbocycles. The standard InChI is InChI=1S/C38H53O3P/c1-23-18-27-25(3)28-19-24(2)21-31(38(13,14)15)34(28)41-42(40-33(27)30(20-23)37(10,11)12)39-32-17-16-26(35(4,5)6)22-29(32)36(7,8)9/h16-22,25H,1-15H3. The van der Waals surface area contributed by atoms with Gasteiger partial charge in [-0.2, -0.15) is 0 Å². The zero-order valence-electron chi connectivity index (χ0n) is 28.8. The third-order valence-electron chi connectivity index (χ3n) is 8.23. The third-order valence-corrected chi connectivity index (χ3v) is 9.24. The lowest BCUT2D eigenvalue weighted by atomic mass is 9.79. The van der Waals surface area contributed by atoms with Crippen LogP contribution < -0.4 is 13.6 Å². The molecule has 0 atom stereocenters. The van der Waals surface area contributed by atoms with Crippen molar-refractivity contribution in [3.05, 3.63) is 87.0 Å². The molecular weight excluding hydrogens is 535 g/mol. The first-order chi connectivity index (χ1) is 19.1. The molecule has 0 aliphatic carbocycles. The maximum absolute atomic E-state index is 6.96. The van der Waals surface area contributed by atoms with Crippen molar-refractivity contribution >= 4 is 8.60 Å². The lowest BCUT2D eigenvalue weighted by molar-refractivity contribution is 0.363. The molecule has 0 saturated carbocycles. The number of hydrogen-bond acceptors (Lipinski definition) is 3. The summed E-state index contributed by atoms with van der Waals surface area (Å²) in [6, 6.07) is 15.7. The second kappa shape index (κ2) is 10.9. The SMILES string of the molecule is Cc1cc2c(c(C(C)(C)C)c1)OP(Oc1ccc(C(C)(C)C)cc1C(C)(C)C)Oc1c(cc(C)cc1C(C)(C)C)C2C. The van der Waals surface area contributed by atoms with E-state index in [2.05, 4.69) is 146 Å². The Morgan fingerprint density at radius 3 is 1.38 bits per heavy atom. The summed E-state index contributed by atoms with van der Waals surface area (Å²) in [7, 11) is -1.83. The molecule has 1 aliphatic heterocycles. The van der Waals surface area contributed by atoms with E-state index in [1.807, 2.05) is 0 Å². The fourth-order valence-electron chi connectivity index (χ4n) is 5.68. The lowest BCUT2D eigenvalue weighted by Crippen LogP contribution is -2.21. The van der Waals surface area contributed by atoms with Crippen LogP contribution in [0.4, 0.5) is 0 Å². The Kier molecular flexibility index (Phi) is 8.40. The molecule has 1 aliphatic rings. The van der Waals surface area contributed by atoms with Gasteiger partial charge in [0.05, 0.1) is 0 Å². The van der Waals surface area contributed by atoms with Crippen LogP contribution in [0.15, 0.2) is 42.5 Å². The Morgan fingerprint density at radius 1 is 0.571 bits per heavy atom. The highest BCUT2D eigenvalue weighted by atomic mass is 31.2. The van der Waals surface area contributed by atoms with Gasteiger partial charge in [0, 0.05) is 33.7 Å². The minimum absolute atomic E-state index is 0.0318. The minimum atomic E-state index is -1.83. The molecule has 4 rings (SSSR count). The number of benzene rings is 3. The first-order valence-corrected chi connectivity index (χ1v) is 16.5. The third kappa shape index (κ3) is 6.67. The normalized spacial score (nSPS) is 17.8. The Bertz CT molecular complexity index is 1400. The van der Waals surface area contributed by atoms with E-state index in [1.165, 1.54) is 38.9 Å². The second-order valence-electron chi connectivity index (χ2n) is 16.4. The van der Waals surface area contributed by atoms with Crippen molar-refractivity contribution < 1.29 is 13.6 Å². The molecule has 0 radical (unpaired) electrons. The van der Waals surface area contributed by atoms with Crippen molar-refractivity contribution in [2.75, 3.05) is 0 Å². The van der Waals surface area contributed by atoms with Crippen LogP contribution >= 0.6 is 8.60 Å². The van der Waals surface area contributed by atoms with Gasteiger partial charge in [-0.3, -0.25) is 0 Å². The first-order valence-electron chi connectivity index (χ1n) is 15.4. The van der Waals surface area contributed by atoms with E-state index in [-0.39, 0.29) is 27.6 Å². The Hall–Kier alpha value is -2.51. The zero-order valence-corrected chi connectivity index (χ0v) is 29.7. The van der Waals surface area contributed by atoms with E-state index in [4.69, 9.17) is 13.6 Å². The van der Waals surface area contributed by atoms with Crippen LogP contribution in [0, 0.1) is 13.8 Å². The molecular formula is C38H53O3P. The van der Waals surface area contributed by atoms with Crippen LogP contribution in [0.3, 0.4) is 0 Å². The molecule has 0 fully saturated rings. The molecule has 4 heteroatoms. The van der Waals surface area contributed by atoms with Gasteiger partial charge in [0.15, 0.2) is 0 Å². The topological polar surface area (TPSA) is 27.7 Å². The quantitative estimate of drug-likeness (QED) is 0.279. The summed E-state index contributed by atoms with van der Waals surface area (Å²) in [5.74, 6) is 2.68. The van der Waals surface area contributed by atoms with Crippen LogP contribution in [-0.4, -0.2) is 0 Å². The lowest BCUT2D eigenvalue weighted by Gasteiger charge is -2.35. The second-order valence-corrected chi connectivity index (χ2v) is 17.4. The van der Waals surface area contributed by atoms with Gasteiger partial charge in [-0.15, -0.1) is 0 Å². The van der Waals surface area contributed by atoms with E-state index < -0.39 is 8.60 Å². The molecule has 0 amide bonds. The Balaban J connectivity index is 1.99. The number of hydrogen-bond donors (Lipinski definition) is 0. The van der Waals surface area contributed by atoms with Crippen molar-refractivity contribution in [2.45, 2.75) is 131 Å². The molecule has 0 saturated heterocycles. The molecule has 3 aromatic rings. The maximum Gasteiger partial charge on any atom is 0.530 e. The number of aryl methyl sites for hydroxylation is 2. The van der Waals surface area contributed by atoms with E-state index in [0.717, 1.165) is 22.8 Å². The number of rotatable bonds is 2. The monoisotopic (exact) mass is 588 g/mol. The minimum Gasteiger partial charge on any atom is -0.408 e. The van der Waals surface area contributed by atoms with Gasteiger partial charge in [0.2, 0.25) is 0 Å². The molecule has 0 spiro atoms. The van der Waals surface area contributed by atoms with Crippen LogP contribution in [0.2, 0.25) is 0 Å². The Labute approximate surface area is 257 Å². The van der Waals surface area contributed by atoms with Crippen molar-refractivity contribution in [3.63, 3.8) is 0 Å². The van der Waals surface area contributed by atoms with Gasteiger partial charge >= 0.3 is 8.60 Å². The smallest absolute Gasteiger partial charge is 0.408 e. The summed E-state index contributed by atoms with van der Waals surface area (Å²) < 4.78 is 20.8. The van der Waals surface area contributed by atoms with Gasteiger partial charge in [0.1, 0.15) is 17.2 Å². The largest absolute Gasteiger partial charge is 0.530 e. The van der Waals surface area contributed by atoms with Crippen molar-refractivity contribution in [1.29, 1.82) is 0 Å². The molecule has 0 bridgehead atoms. The number of fused-ring (bicyclic) bond motifs is 2. The fourth-order valence-corrected chi connectivity index (χ4v) is 6.82. The highest BCUT2D eigenvalue weighted by Crippen LogP contribution is 2.55. The van der Waals surface area contributed by atoms with Crippen molar-refractivity contribution in [2.24, 2.45) is 0 Å². The van der Waals surface area contributed by atoms with Crippen molar-refractivity contribution in [1.82, 2.24) is 0 Å². The summed E-state index contributed by atoms with van der Waals surface area (Å²) in [4.78, 5) is 0. The molecule has 228 valence electrons. The summed E-state index contributed by atoms with van der Waals surface area (Å²) in [6.07, 6.45) is 0. The van der Waals surface area contributed by atoms with Gasteiger partial charge in [0.25, 0.3) is 0 Å². The van der Waals surface area contributed by atoms with E-state index in [0.29, 0.717) is 0 Å². The summed E-state index contributed by atoms with van der Waals surface area (Å²) in [5, 5.41) is 0. The van der Waals surface area contributed by atoms with Gasteiger partial charge in [-0.1, -0.05) is 138 Å². The van der Waals surface area contributed by atoms with E-state index >= 15 is 0 Å². The predicted octanol–water partition coefficient (Wildman–Crippen LogP) is 11.7. The summed E-state index contributed by atoms with van der Waals surface area (Å²) in [5.41, 5.74) is 9.30.